The molecule has 0 aromatic carbocycles. The van der Waals surface area contributed by atoms with Gasteiger partial charge in [0.15, 0.2) is 0 Å². The van der Waals surface area contributed by atoms with E-state index in [0.29, 0.717) is 5.73 Å². The van der Waals surface area contributed by atoms with Crippen LogP contribution in [0.1, 0.15) is 19.3 Å². The first kappa shape index (κ1) is 12.3. The molecule has 1 heterocycles. The van der Waals surface area contributed by atoms with E-state index in [1.165, 1.54) is 19.3 Å². The largest absolute Gasteiger partial charge is 0.381 e. The van der Waals surface area contributed by atoms with Gasteiger partial charge in [-0.1, -0.05) is 11.4 Å². The Balaban J connectivity index is 0.00000121. The fraction of sp³-hybridized carbons (Fsp3) is 0.556. The van der Waals surface area contributed by atoms with Crippen molar-refractivity contribution in [1.29, 1.82) is 0 Å². The van der Waals surface area contributed by atoms with E-state index < -0.39 is 8.80 Å². The van der Waals surface area contributed by atoms with Gasteiger partial charge in [-0.05, 0) is 19.3 Å². The summed E-state index contributed by atoms with van der Waals surface area (Å²) in [4.78, 5) is 0. The topological polar surface area (TPSA) is 9.23 Å². The zero-order chi connectivity index (χ0) is 8.10. The number of hydrogen-bond acceptors (Lipinski definition) is 1. The Labute approximate surface area is 90.8 Å². The molecular weight excluding hydrogens is 347 g/mol. The molecule has 1 atom stereocenters. The van der Waals surface area contributed by atoms with Gasteiger partial charge in [-0.3, -0.25) is 0 Å². The molecule has 12 heavy (non-hydrogen) atoms. The Bertz CT molecular complexity index is 135. The van der Waals surface area contributed by atoms with Gasteiger partial charge in [0.05, 0.1) is 5.73 Å². The van der Waals surface area contributed by atoms with Crippen LogP contribution >= 0.6 is 0 Å². The number of ether oxygens (including phenoxy) is 1. The first-order valence-electron chi connectivity index (χ1n) is 4.25. The molecule has 1 aliphatic heterocycles. The maximum absolute atomic E-state index is 5.64. The molecule has 1 nitrogen and oxygen atoms in total. The average Bonchev–Trinajstić information content (AvgIpc) is 2.09. The summed E-state index contributed by atoms with van der Waals surface area (Å²) in [6.45, 7) is 8.58. The van der Waals surface area contributed by atoms with Crippen molar-refractivity contribution in [2.24, 2.45) is 0 Å². The van der Waals surface area contributed by atoms with Crippen molar-refractivity contribution < 1.29 is 25.8 Å². The van der Waals surface area contributed by atoms with Crippen molar-refractivity contribution in [1.82, 2.24) is 0 Å². The Morgan fingerprint density at radius 1 is 1.25 bits per heavy atom. The standard InChI is InChI=1S/C9H16OSi.Pt/c1-3-11(4-2)9-7-5-6-8-10-9;/h3-4,9,11H,1-2,5-8H2;. The van der Waals surface area contributed by atoms with Gasteiger partial charge in [0.1, 0.15) is 8.80 Å². The van der Waals surface area contributed by atoms with Crippen molar-refractivity contribution in [2.75, 3.05) is 6.61 Å². The minimum Gasteiger partial charge on any atom is -0.381 e. The van der Waals surface area contributed by atoms with Crippen LogP contribution in [0.4, 0.5) is 0 Å². The maximum Gasteiger partial charge on any atom is 0.117 e. The van der Waals surface area contributed by atoms with Crippen LogP contribution in [0.2, 0.25) is 0 Å². The summed E-state index contributed by atoms with van der Waals surface area (Å²) >= 11 is 0. The molecule has 0 N–H and O–H groups in total. The summed E-state index contributed by atoms with van der Waals surface area (Å²) in [5.74, 6) is 0. The van der Waals surface area contributed by atoms with E-state index in [-0.39, 0.29) is 21.1 Å². The minimum absolute atomic E-state index is 0. The second-order valence-electron chi connectivity index (χ2n) is 2.95. The van der Waals surface area contributed by atoms with Crippen molar-refractivity contribution in [2.45, 2.75) is 25.0 Å². The summed E-state index contributed by atoms with van der Waals surface area (Å²) in [7, 11) is -0.968. The zero-order valence-corrected chi connectivity index (χ0v) is 10.7. The molecule has 0 amide bonds. The van der Waals surface area contributed by atoms with Gasteiger partial charge in [-0.2, -0.15) is 0 Å². The van der Waals surface area contributed by atoms with E-state index in [2.05, 4.69) is 24.6 Å². The maximum atomic E-state index is 5.64. The third-order valence-corrected chi connectivity index (χ3v) is 4.66. The van der Waals surface area contributed by atoms with E-state index >= 15 is 0 Å². The van der Waals surface area contributed by atoms with Gasteiger partial charge < -0.3 is 4.74 Å². The molecule has 1 unspecified atom stereocenters. The van der Waals surface area contributed by atoms with Gasteiger partial charge in [-0.15, -0.1) is 13.2 Å². The molecule has 1 aliphatic rings. The molecule has 0 saturated carbocycles. The van der Waals surface area contributed by atoms with E-state index in [4.69, 9.17) is 4.74 Å². The third-order valence-electron chi connectivity index (χ3n) is 2.19. The van der Waals surface area contributed by atoms with E-state index in [0.717, 1.165) is 6.61 Å². The normalized spacial score (nSPS) is 22.9. The van der Waals surface area contributed by atoms with E-state index in [1.807, 2.05) is 0 Å². The number of rotatable bonds is 3. The first-order valence-corrected chi connectivity index (χ1v) is 6.25. The van der Waals surface area contributed by atoms with Crippen LogP contribution < -0.4 is 0 Å². The van der Waals surface area contributed by atoms with E-state index in [1.54, 1.807) is 0 Å². The second-order valence-corrected chi connectivity index (χ2v) is 5.79. The monoisotopic (exact) mass is 363 g/mol. The van der Waals surface area contributed by atoms with Gasteiger partial charge in [-0.25, -0.2) is 0 Å². The van der Waals surface area contributed by atoms with Crippen molar-refractivity contribution in [3.05, 3.63) is 24.6 Å². The molecule has 72 valence electrons. The molecule has 0 radical (unpaired) electrons. The fourth-order valence-electron chi connectivity index (χ4n) is 1.47. The van der Waals surface area contributed by atoms with Crippen molar-refractivity contribution in [3.8, 4) is 0 Å². The SMILES string of the molecule is C=C[SiH](C=C)C1CCCCO1.[Pt]. The molecular formula is C9H16OPtSi. The Morgan fingerprint density at radius 3 is 2.33 bits per heavy atom. The van der Waals surface area contributed by atoms with Crippen LogP contribution in [0.5, 0.6) is 0 Å². The van der Waals surface area contributed by atoms with Crippen LogP contribution in [0.3, 0.4) is 0 Å². The molecule has 0 bridgehead atoms. The van der Waals surface area contributed by atoms with Crippen LogP contribution in [-0.2, 0) is 25.8 Å². The van der Waals surface area contributed by atoms with Crippen LogP contribution in [0.25, 0.3) is 0 Å². The fourth-order valence-corrected chi connectivity index (χ4v) is 3.25. The first-order chi connectivity index (χ1) is 5.38. The van der Waals surface area contributed by atoms with Gasteiger partial charge in [0.25, 0.3) is 0 Å². The molecule has 1 fully saturated rings. The summed E-state index contributed by atoms with van der Waals surface area (Å²) < 4.78 is 5.64. The third kappa shape index (κ3) is 3.38. The summed E-state index contributed by atoms with van der Waals surface area (Å²) in [5.41, 5.74) is 4.60. The van der Waals surface area contributed by atoms with Crippen molar-refractivity contribution in [3.63, 3.8) is 0 Å². The van der Waals surface area contributed by atoms with Gasteiger partial charge in [0, 0.05) is 27.7 Å². The predicted molar refractivity (Wildman–Crippen MR) is 51.1 cm³/mol. The number of hydrogen-bond donors (Lipinski definition) is 0. The van der Waals surface area contributed by atoms with Crippen LogP contribution in [-0.4, -0.2) is 21.1 Å². The quantitative estimate of drug-likeness (QED) is 0.695. The van der Waals surface area contributed by atoms with Gasteiger partial charge >= 0.3 is 0 Å². The van der Waals surface area contributed by atoms with E-state index in [9.17, 15) is 0 Å². The van der Waals surface area contributed by atoms with Gasteiger partial charge in [0.2, 0.25) is 0 Å². The zero-order valence-electron chi connectivity index (χ0n) is 7.28. The molecule has 1 rings (SSSR count). The minimum atomic E-state index is -0.968. The summed E-state index contributed by atoms with van der Waals surface area (Å²) in [6.07, 6.45) is 3.76. The smallest absolute Gasteiger partial charge is 0.117 e. The summed E-state index contributed by atoms with van der Waals surface area (Å²) in [5, 5.41) is 0. The molecule has 0 aromatic rings. The molecule has 1 saturated heterocycles. The van der Waals surface area contributed by atoms with Crippen LogP contribution in [0, 0.1) is 0 Å². The van der Waals surface area contributed by atoms with Crippen molar-refractivity contribution >= 4 is 8.80 Å². The molecule has 0 aliphatic carbocycles. The second kappa shape index (κ2) is 6.82. The summed E-state index contributed by atoms with van der Waals surface area (Å²) in [6, 6.07) is 0. The Kier molecular flexibility index (Phi) is 7.01. The van der Waals surface area contributed by atoms with Crippen LogP contribution in [0.15, 0.2) is 24.6 Å². The Morgan fingerprint density at radius 2 is 1.92 bits per heavy atom. The predicted octanol–water partition coefficient (Wildman–Crippen LogP) is 1.77. The average molecular weight is 363 g/mol. The molecule has 0 spiro atoms. The molecule has 0 aromatic heterocycles. The Hall–Kier alpha value is 0.345. The molecule has 3 heteroatoms.